The number of nitrogens with zero attached hydrogens (tertiary/aromatic N) is 3. The van der Waals surface area contributed by atoms with Crippen LogP contribution in [0, 0.1) is 11.3 Å². The highest BCUT2D eigenvalue weighted by atomic mass is 35.5. The van der Waals surface area contributed by atoms with E-state index in [1.165, 1.54) is 0 Å². The number of amides is 1. The number of benzene rings is 1. The Kier molecular flexibility index (Phi) is 6.81. The summed E-state index contributed by atoms with van der Waals surface area (Å²) in [5, 5.41) is 20.9. The number of aliphatic hydroxyl groups is 1. The van der Waals surface area contributed by atoms with Gasteiger partial charge < -0.3 is 15.3 Å². The van der Waals surface area contributed by atoms with Gasteiger partial charge in [-0.1, -0.05) is 11.6 Å². The van der Waals surface area contributed by atoms with Crippen LogP contribution < -0.4 is 5.32 Å². The predicted molar refractivity (Wildman–Crippen MR) is 89.4 cm³/mol. The van der Waals surface area contributed by atoms with Crippen LogP contribution >= 0.6 is 11.6 Å². The first kappa shape index (κ1) is 17.7. The zero-order valence-corrected chi connectivity index (χ0v) is 13.7. The third kappa shape index (κ3) is 5.48. The summed E-state index contributed by atoms with van der Waals surface area (Å²) >= 11 is 5.95. The Morgan fingerprint density at radius 2 is 1.91 bits per heavy atom. The Hall–Kier alpha value is -1.65. The number of rotatable bonds is 6. The number of anilines is 1. The fraction of sp³-hybridized carbons (Fsp3) is 0.500. The van der Waals surface area contributed by atoms with E-state index >= 15 is 0 Å². The van der Waals surface area contributed by atoms with Crippen molar-refractivity contribution in [3.05, 3.63) is 28.8 Å². The molecule has 1 heterocycles. The molecule has 2 N–H and O–H groups in total. The van der Waals surface area contributed by atoms with Gasteiger partial charge in [-0.3, -0.25) is 9.69 Å². The summed E-state index contributed by atoms with van der Waals surface area (Å²) in [5.74, 6) is -0.0661. The molecule has 23 heavy (non-hydrogen) atoms. The Bertz CT molecular complexity index is 580. The van der Waals surface area contributed by atoms with Crippen molar-refractivity contribution in [2.45, 2.75) is 6.42 Å². The van der Waals surface area contributed by atoms with Crippen molar-refractivity contribution in [2.75, 3.05) is 51.2 Å². The van der Waals surface area contributed by atoms with E-state index in [4.69, 9.17) is 22.0 Å². The number of β-amino-alcohol motifs (C(OH)–C–C–N with tert-alkyl or cyclic N) is 1. The van der Waals surface area contributed by atoms with E-state index in [-0.39, 0.29) is 12.5 Å². The van der Waals surface area contributed by atoms with Crippen LogP contribution in [0.25, 0.3) is 0 Å². The minimum atomic E-state index is -0.0661. The van der Waals surface area contributed by atoms with Crippen LogP contribution in [0.1, 0.15) is 12.0 Å². The zero-order valence-electron chi connectivity index (χ0n) is 13.0. The SMILES string of the molecule is N#Cc1ccc(NC(=O)CCN2CCN(CCO)CC2)cc1Cl. The highest BCUT2D eigenvalue weighted by molar-refractivity contribution is 6.32. The van der Waals surface area contributed by atoms with Crippen LogP contribution in [0.4, 0.5) is 5.69 Å². The molecule has 1 aromatic carbocycles. The van der Waals surface area contributed by atoms with Crippen molar-refractivity contribution in [2.24, 2.45) is 0 Å². The number of piperazine rings is 1. The number of halogens is 1. The molecular weight excluding hydrogens is 316 g/mol. The van der Waals surface area contributed by atoms with Crippen molar-refractivity contribution in [1.29, 1.82) is 5.26 Å². The Balaban J connectivity index is 1.73. The van der Waals surface area contributed by atoms with Gasteiger partial charge in [0.05, 0.1) is 17.2 Å². The molecular formula is C16H21ClN4O2. The molecule has 6 nitrogen and oxygen atoms in total. The van der Waals surface area contributed by atoms with Crippen LogP contribution in [-0.2, 0) is 4.79 Å². The van der Waals surface area contributed by atoms with Crippen molar-refractivity contribution >= 4 is 23.2 Å². The fourth-order valence-corrected chi connectivity index (χ4v) is 2.77. The molecule has 0 saturated carbocycles. The molecule has 1 aliphatic heterocycles. The third-order valence-electron chi connectivity index (χ3n) is 3.91. The molecule has 2 rings (SSSR count). The maximum Gasteiger partial charge on any atom is 0.225 e. The fourth-order valence-electron chi connectivity index (χ4n) is 2.54. The molecule has 0 aromatic heterocycles. The van der Waals surface area contributed by atoms with Crippen LogP contribution in [0.2, 0.25) is 5.02 Å². The minimum Gasteiger partial charge on any atom is -0.395 e. The quantitative estimate of drug-likeness (QED) is 0.814. The first-order chi connectivity index (χ1) is 11.1. The first-order valence-corrected chi connectivity index (χ1v) is 8.05. The van der Waals surface area contributed by atoms with Crippen LogP contribution in [0.3, 0.4) is 0 Å². The number of carbonyl (C=O) groups is 1. The van der Waals surface area contributed by atoms with Crippen molar-refractivity contribution in [3.63, 3.8) is 0 Å². The largest absolute Gasteiger partial charge is 0.395 e. The summed E-state index contributed by atoms with van der Waals surface area (Å²) in [6.45, 7) is 5.29. The molecule has 0 bridgehead atoms. The zero-order chi connectivity index (χ0) is 16.7. The van der Waals surface area contributed by atoms with Gasteiger partial charge in [0, 0.05) is 51.4 Å². The molecule has 7 heteroatoms. The van der Waals surface area contributed by atoms with Gasteiger partial charge >= 0.3 is 0 Å². The van der Waals surface area contributed by atoms with Crippen LogP contribution in [0.5, 0.6) is 0 Å². The molecule has 1 saturated heterocycles. The van der Waals surface area contributed by atoms with Gasteiger partial charge in [-0.2, -0.15) is 5.26 Å². The normalized spacial score (nSPS) is 16.0. The smallest absolute Gasteiger partial charge is 0.225 e. The maximum atomic E-state index is 12.0. The topological polar surface area (TPSA) is 79.6 Å². The molecule has 0 unspecified atom stereocenters. The van der Waals surface area contributed by atoms with Gasteiger partial charge in [0.1, 0.15) is 6.07 Å². The second kappa shape index (κ2) is 8.85. The summed E-state index contributed by atoms with van der Waals surface area (Å²) in [5.41, 5.74) is 0.997. The first-order valence-electron chi connectivity index (χ1n) is 7.67. The summed E-state index contributed by atoms with van der Waals surface area (Å²) < 4.78 is 0. The Labute approximate surface area is 141 Å². The minimum absolute atomic E-state index is 0.0661. The molecule has 1 fully saturated rings. The van der Waals surface area contributed by atoms with Crippen molar-refractivity contribution in [3.8, 4) is 6.07 Å². The van der Waals surface area contributed by atoms with Gasteiger partial charge in [0.25, 0.3) is 0 Å². The van der Waals surface area contributed by atoms with Gasteiger partial charge in [0.2, 0.25) is 5.91 Å². The van der Waals surface area contributed by atoms with Crippen LogP contribution in [0.15, 0.2) is 18.2 Å². The second-order valence-electron chi connectivity index (χ2n) is 5.51. The van der Waals surface area contributed by atoms with E-state index < -0.39 is 0 Å². The number of nitriles is 1. The van der Waals surface area contributed by atoms with E-state index in [1.807, 2.05) is 6.07 Å². The molecule has 0 radical (unpaired) electrons. The van der Waals surface area contributed by atoms with Gasteiger partial charge in [-0.25, -0.2) is 0 Å². The van der Waals surface area contributed by atoms with Gasteiger partial charge in [0.15, 0.2) is 0 Å². The summed E-state index contributed by atoms with van der Waals surface area (Å²) in [4.78, 5) is 16.5. The molecule has 1 amide bonds. The van der Waals surface area contributed by atoms with E-state index in [9.17, 15) is 4.79 Å². The maximum absolute atomic E-state index is 12.0. The lowest BCUT2D eigenvalue weighted by atomic mass is 10.2. The van der Waals surface area contributed by atoms with Crippen molar-refractivity contribution < 1.29 is 9.90 Å². The third-order valence-corrected chi connectivity index (χ3v) is 4.22. The number of nitrogens with one attached hydrogen (secondary N) is 1. The van der Waals surface area contributed by atoms with E-state index in [2.05, 4.69) is 15.1 Å². The number of hydrogen-bond acceptors (Lipinski definition) is 5. The summed E-state index contributed by atoms with van der Waals surface area (Å²) in [6.07, 6.45) is 0.414. The average molecular weight is 337 g/mol. The number of aliphatic hydroxyl groups excluding tert-OH is 1. The van der Waals surface area contributed by atoms with E-state index in [1.54, 1.807) is 18.2 Å². The van der Waals surface area contributed by atoms with Crippen molar-refractivity contribution in [1.82, 2.24) is 9.80 Å². The number of carbonyl (C=O) groups excluding carboxylic acids is 1. The van der Waals surface area contributed by atoms with E-state index in [0.717, 1.165) is 26.2 Å². The molecule has 0 aliphatic carbocycles. The average Bonchev–Trinajstić information content (AvgIpc) is 2.55. The molecule has 124 valence electrons. The van der Waals surface area contributed by atoms with Crippen LogP contribution in [-0.4, -0.2) is 66.7 Å². The van der Waals surface area contributed by atoms with Gasteiger partial charge in [-0.15, -0.1) is 0 Å². The Morgan fingerprint density at radius 1 is 1.26 bits per heavy atom. The summed E-state index contributed by atoms with van der Waals surface area (Å²) in [6, 6.07) is 6.85. The molecule has 0 spiro atoms. The lowest BCUT2D eigenvalue weighted by Crippen LogP contribution is -2.47. The molecule has 0 atom stereocenters. The highest BCUT2D eigenvalue weighted by Gasteiger charge is 2.17. The molecule has 1 aliphatic rings. The Morgan fingerprint density at radius 3 is 2.48 bits per heavy atom. The lowest BCUT2D eigenvalue weighted by molar-refractivity contribution is -0.116. The highest BCUT2D eigenvalue weighted by Crippen LogP contribution is 2.20. The lowest BCUT2D eigenvalue weighted by Gasteiger charge is -2.34. The van der Waals surface area contributed by atoms with E-state index in [0.29, 0.717) is 35.8 Å². The standard InChI is InChI=1S/C16H21ClN4O2/c17-15-11-14(2-1-13(15)12-18)19-16(23)3-4-20-5-7-21(8-6-20)9-10-22/h1-2,11,22H,3-10H2,(H,19,23). The monoisotopic (exact) mass is 336 g/mol. The molecule has 1 aromatic rings. The predicted octanol–water partition coefficient (Wildman–Crippen LogP) is 1.15. The van der Waals surface area contributed by atoms with Gasteiger partial charge in [-0.05, 0) is 18.2 Å². The second-order valence-corrected chi connectivity index (χ2v) is 5.92. The number of hydrogen-bond donors (Lipinski definition) is 2. The summed E-state index contributed by atoms with van der Waals surface area (Å²) in [7, 11) is 0.